The molecule has 7 heteroatoms. The summed E-state index contributed by atoms with van der Waals surface area (Å²) < 4.78 is 10.1. The Morgan fingerprint density at radius 3 is 2.38 bits per heavy atom. The van der Waals surface area contributed by atoms with Gasteiger partial charge in [-0.2, -0.15) is 0 Å². The summed E-state index contributed by atoms with van der Waals surface area (Å²) in [4.78, 5) is 36.3. The van der Waals surface area contributed by atoms with Crippen molar-refractivity contribution < 1.29 is 29.0 Å². The molecule has 1 heterocycles. The lowest BCUT2D eigenvalue weighted by Gasteiger charge is -2.26. The minimum absolute atomic E-state index is 0.0462. The molecule has 0 radical (unpaired) electrons. The molecule has 0 spiro atoms. The van der Waals surface area contributed by atoms with Gasteiger partial charge in [0.1, 0.15) is 6.04 Å². The van der Waals surface area contributed by atoms with Crippen molar-refractivity contribution in [1.29, 1.82) is 0 Å². The van der Waals surface area contributed by atoms with Gasteiger partial charge in [-0.05, 0) is 38.0 Å². The number of amides is 1. The first-order valence-corrected chi connectivity index (χ1v) is 8.49. The molecule has 1 amide bonds. The van der Waals surface area contributed by atoms with Crippen LogP contribution in [0.1, 0.15) is 59.8 Å². The molecule has 1 fully saturated rings. The average Bonchev–Trinajstić information content (AvgIpc) is 2.88. The highest BCUT2D eigenvalue weighted by Crippen LogP contribution is 2.29. The van der Waals surface area contributed by atoms with Crippen molar-refractivity contribution in [2.45, 2.75) is 71.9 Å². The third-order valence-corrected chi connectivity index (χ3v) is 4.08. The van der Waals surface area contributed by atoms with E-state index < -0.39 is 18.1 Å². The Morgan fingerprint density at radius 1 is 1.17 bits per heavy atom. The Bertz CT molecular complexity index is 456. The summed E-state index contributed by atoms with van der Waals surface area (Å²) in [5.74, 6) is -0.848. The summed E-state index contributed by atoms with van der Waals surface area (Å²) in [7, 11) is 0. The molecular weight excluding hydrogens is 314 g/mol. The number of hydrogen-bond acceptors (Lipinski definition) is 5. The van der Waals surface area contributed by atoms with Crippen LogP contribution in [-0.2, 0) is 19.1 Å². The number of carbonyl (C=O) groups excluding carboxylic acids is 2. The summed E-state index contributed by atoms with van der Waals surface area (Å²) in [6.07, 6.45) is 1.04. The third kappa shape index (κ3) is 6.37. The molecule has 7 nitrogen and oxygen atoms in total. The predicted molar refractivity (Wildman–Crippen MR) is 87.6 cm³/mol. The van der Waals surface area contributed by atoms with E-state index in [0.717, 1.165) is 4.90 Å². The monoisotopic (exact) mass is 343 g/mol. The van der Waals surface area contributed by atoms with Gasteiger partial charge in [-0.3, -0.25) is 9.69 Å². The molecule has 1 N–H and O–H groups in total. The normalized spacial score (nSPS) is 20.8. The molecule has 0 aliphatic carbocycles. The van der Waals surface area contributed by atoms with Crippen molar-refractivity contribution in [3.63, 3.8) is 0 Å². The maximum Gasteiger partial charge on any atom is 0.408 e. The standard InChI is InChI=1S/C17H29NO6/c1-5-23-14(19)9-7-12-6-8-13(18(12)16(21)22)15(20)24-11-10-17(2,3)4/h12-13H,5-11H2,1-4H3,(H,21,22). The second kappa shape index (κ2) is 8.89. The SMILES string of the molecule is CCOC(=O)CCC1CCC(C(=O)OCCC(C)(C)C)N1C(=O)O. The van der Waals surface area contributed by atoms with Gasteiger partial charge in [-0.25, -0.2) is 9.59 Å². The predicted octanol–water partition coefficient (Wildman–Crippen LogP) is 2.82. The van der Waals surface area contributed by atoms with Crippen LogP contribution in [0.25, 0.3) is 0 Å². The maximum absolute atomic E-state index is 12.2. The molecule has 0 aromatic heterocycles. The molecule has 0 saturated carbocycles. The van der Waals surface area contributed by atoms with E-state index in [1.165, 1.54) is 0 Å². The minimum atomic E-state index is -1.15. The molecule has 1 saturated heterocycles. The van der Waals surface area contributed by atoms with Crippen molar-refractivity contribution in [1.82, 2.24) is 4.90 Å². The van der Waals surface area contributed by atoms with E-state index in [0.29, 0.717) is 32.3 Å². The number of likely N-dealkylation sites (tertiary alicyclic amines) is 1. The Balaban J connectivity index is 2.57. The van der Waals surface area contributed by atoms with Crippen molar-refractivity contribution in [3.8, 4) is 0 Å². The molecule has 138 valence electrons. The van der Waals surface area contributed by atoms with Crippen LogP contribution in [0.4, 0.5) is 4.79 Å². The van der Waals surface area contributed by atoms with E-state index in [9.17, 15) is 19.5 Å². The van der Waals surface area contributed by atoms with Crippen LogP contribution in [0.3, 0.4) is 0 Å². The van der Waals surface area contributed by atoms with Gasteiger partial charge in [0, 0.05) is 12.5 Å². The van der Waals surface area contributed by atoms with Crippen LogP contribution < -0.4 is 0 Å². The Morgan fingerprint density at radius 2 is 1.83 bits per heavy atom. The Hall–Kier alpha value is -1.79. The van der Waals surface area contributed by atoms with Gasteiger partial charge in [-0.15, -0.1) is 0 Å². The number of carboxylic acid groups (broad SMARTS) is 1. The number of ether oxygens (including phenoxy) is 2. The maximum atomic E-state index is 12.2. The fourth-order valence-corrected chi connectivity index (χ4v) is 2.76. The van der Waals surface area contributed by atoms with E-state index in [1.807, 2.05) is 20.8 Å². The molecule has 24 heavy (non-hydrogen) atoms. The fourth-order valence-electron chi connectivity index (χ4n) is 2.76. The van der Waals surface area contributed by atoms with E-state index >= 15 is 0 Å². The highest BCUT2D eigenvalue weighted by atomic mass is 16.5. The minimum Gasteiger partial charge on any atom is -0.466 e. The van der Waals surface area contributed by atoms with Crippen molar-refractivity contribution in [2.24, 2.45) is 5.41 Å². The smallest absolute Gasteiger partial charge is 0.408 e. The second-order valence-electron chi connectivity index (χ2n) is 7.26. The summed E-state index contributed by atoms with van der Waals surface area (Å²) >= 11 is 0. The van der Waals surface area contributed by atoms with Crippen LogP contribution in [0.15, 0.2) is 0 Å². The zero-order valence-corrected chi connectivity index (χ0v) is 15.0. The fraction of sp³-hybridized carbons (Fsp3) is 0.824. The Kier molecular flexibility index (Phi) is 7.51. The molecule has 2 unspecified atom stereocenters. The number of esters is 2. The summed E-state index contributed by atoms with van der Waals surface area (Å²) in [6.45, 7) is 8.44. The number of carbonyl (C=O) groups is 3. The molecule has 1 aliphatic rings. The molecule has 0 bridgehead atoms. The molecular formula is C17H29NO6. The molecule has 0 aromatic carbocycles. The summed E-state index contributed by atoms with van der Waals surface area (Å²) in [6, 6.07) is -1.14. The number of rotatable bonds is 7. The molecule has 0 aromatic rings. The van der Waals surface area contributed by atoms with Gasteiger partial charge in [0.05, 0.1) is 13.2 Å². The molecule has 2 atom stereocenters. The average molecular weight is 343 g/mol. The quantitative estimate of drug-likeness (QED) is 0.715. The third-order valence-electron chi connectivity index (χ3n) is 4.08. The zero-order valence-electron chi connectivity index (χ0n) is 15.0. The first-order valence-electron chi connectivity index (χ1n) is 8.49. The lowest BCUT2D eigenvalue weighted by molar-refractivity contribution is -0.149. The number of nitrogens with zero attached hydrogens (tertiary/aromatic N) is 1. The second-order valence-corrected chi connectivity index (χ2v) is 7.26. The van der Waals surface area contributed by atoms with Crippen molar-refractivity contribution >= 4 is 18.0 Å². The van der Waals surface area contributed by atoms with Crippen molar-refractivity contribution in [3.05, 3.63) is 0 Å². The Labute approximate surface area is 143 Å². The first kappa shape index (κ1) is 20.3. The van der Waals surface area contributed by atoms with Gasteiger partial charge in [0.2, 0.25) is 0 Å². The molecule has 1 rings (SSSR count). The van der Waals surface area contributed by atoms with E-state index in [1.54, 1.807) is 6.92 Å². The number of hydrogen-bond donors (Lipinski definition) is 1. The molecule has 1 aliphatic heterocycles. The topological polar surface area (TPSA) is 93.1 Å². The van der Waals surface area contributed by atoms with Gasteiger partial charge in [0.15, 0.2) is 0 Å². The van der Waals surface area contributed by atoms with Gasteiger partial charge in [0.25, 0.3) is 0 Å². The first-order chi connectivity index (χ1) is 11.2. The van der Waals surface area contributed by atoms with Gasteiger partial charge < -0.3 is 14.6 Å². The lowest BCUT2D eigenvalue weighted by atomic mass is 9.93. The van der Waals surface area contributed by atoms with E-state index in [4.69, 9.17) is 9.47 Å². The largest absolute Gasteiger partial charge is 0.466 e. The van der Waals surface area contributed by atoms with Gasteiger partial charge in [-0.1, -0.05) is 20.8 Å². The van der Waals surface area contributed by atoms with E-state index in [2.05, 4.69) is 0 Å². The highest BCUT2D eigenvalue weighted by Gasteiger charge is 2.42. The van der Waals surface area contributed by atoms with Gasteiger partial charge >= 0.3 is 18.0 Å². The summed E-state index contributed by atoms with van der Waals surface area (Å²) in [5, 5.41) is 9.43. The summed E-state index contributed by atoms with van der Waals surface area (Å²) in [5.41, 5.74) is 0.0462. The van der Waals surface area contributed by atoms with Crippen LogP contribution in [0.2, 0.25) is 0 Å². The van der Waals surface area contributed by atoms with Crippen LogP contribution in [0.5, 0.6) is 0 Å². The van der Waals surface area contributed by atoms with Crippen molar-refractivity contribution in [2.75, 3.05) is 13.2 Å². The van der Waals surface area contributed by atoms with Crippen LogP contribution >= 0.6 is 0 Å². The highest BCUT2D eigenvalue weighted by molar-refractivity contribution is 5.81. The van der Waals surface area contributed by atoms with E-state index in [-0.39, 0.29) is 30.5 Å². The lowest BCUT2D eigenvalue weighted by Crippen LogP contribution is -2.45. The van der Waals surface area contributed by atoms with Crippen LogP contribution in [0, 0.1) is 5.41 Å². The van der Waals surface area contributed by atoms with Crippen LogP contribution in [-0.4, -0.2) is 53.3 Å². The zero-order chi connectivity index (χ0) is 18.3.